The highest BCUT2D eigenvalue weighted by molar-refractivity contribution is 5.89. The molecule has 0 aromatic heterocycles. The van der Waals surface area contributed by atoms with E-state index in [2.05, 4.69) is 4.99 Å². The molecule has 0 bridgehead atoms. The minimum atomic E-state index is -0.760. The fourth-order valence-corrected chi connectivity index (χ4v) is 0.545. The van der Waals surface area contributed by atoms with Gasteiger partial charge in [-0.2, -0.15) is 0 Å². The van der Waals surface area contributed by atoms with E-state index in [0.29, 0.717) is 0 Å². The third kappa shape index (κ3) is 3.62. The lowest BCUT2D eigenvalue weighted by molar-refractivity contribution is 0.152. The van der Waals surface area contributed by atoms with Crippen LogP contribution in [0, 0.1) is 0 Å². The van der Waals surface area contributed by atoms with Crippen molar-refractivity contribution in [1.29, 1.82) is 0 Å². The molecular formula is C8H17NO. The standard InChI is InChI=1S/C8H17NO/c1-6(2)9-7(3)8(4,5)10/h6,10H,1-5H3/b9-7-. The molecule has 0 fully saturated rings. The van der Waals surface area contributed by atoms with Gasteiger partial charge in [-0.05, 0) is 34.6 Å². The van der Waals surface area contributed by atoms with Crippen molar-refractivity contribution >= 4 is 5.71 Å². The van der Waals surface area contributed by atoms with Gasteiger partial charge in [0.15, 0.2) is 0 Å². The SMILES string of the molecule is C/C(=N/C(C)C)C(C)(C)O. The van der Waals surface area contributed by atoms with Crippen LogP contribution >= 0.6 is 0 Å². The van der Waals surface area contributed by atoms with Gasteiger partial charge in [0.05, 0.1) is 5.60 Å². The second-order valence-electron chi connectivity index (χ2n) is 3.37. The molecule has 60 valence electrons. The number of hydrogen-bond acceptors (Lipinski definition) is 2. The van der Waals surface area contributed by atoms with E-state index in [0.717, 1.165) is 5.71 Å². The fraction of sp³-hybridized carbons (Fsp3) is 0.875. The highest BCUT2D eigenvalue weighted by Gasteiger charge is 2.16. The Labute approximate surface area is 63.0 Å². The second-order valence-corrected chi connectivity index (χ2v) is 3.37. The fourth-order valence-electron chi connectivity index (χ4n) is 0.545. The first-order valence-corrected chi connectivity index (χ1v) is 3.61. The van der Waals surface area contributed by atoms with Crippen LogP contribution in [0.25, 0.3) is 0 Å². The Morgan fingerprint density at radius 2 is 1.80 bits per heavy atom. The largest absolute Gasteiger partial charge is 0.385 e. The summed E-state index contributed by atoms with van der Waals surface area (Å²) in [6.45, 7) is 9.33. The predicted octanol–water partition coefficient (Wildman–Crippen LogP) is 1.63. The van der Waals surface area contributed by atoms with Gasteiger partial charge < -0.3 is 5.11 Å². The van der Waals surface area contributed by atoms with Crippen LogP contribution in [-0.2, 0) is 0 Å². The van der Waals surface area contributed by atoms with Gasteiger partial charge in [0.25, 0.3) is 0 Å². The average molecular weight is 143 g/mol. The van der Waals surface area contributed by atoms with Gasteiger partial charge in [-0.1, -0.05) is 0 Å². The van der Waals surface area contributed by atoms with E-state index in [9.17, 15) is 5.11 Å². The molecule has 0 aliphatic carbocycles. The first-order chi connectivity index (χ1) is 4.34. The van der Waals surface area contributed by atoms with E-state index in [-0.39, 0.29) is 6.04 Å². The van der Waals surface area contributed by atoms with Gasteiger partial charge in [0.2, 0.25) is 0 Å². The van der Waals surface area contributed by atoms with Crippen molar-refractivity contribution in [2.24, 2.45) is 4.99 Å². The van der Waals surface area contributed by atoms with Gasteiger partial charge >= 0.3 is 0 Å². The van der Waals surface area contributed by atoms with Crippen molar-refractivity contribution in [3.05, 3.63) is 0 Å². The zero-order valence-corrected chi connectivity index (χ0v) is 7.47. The second kappa shape index (κ2) is 3.15. The van der Waals surface area contributed by atoms with Crippen LogP contribution in [0.4, 0.5) is 0 Å². The van der Waals surface area contributed by atoms with Crippen LogP contribution in [-0.4, -0.2) is 22.5 Å². The number of aliphatic hydroxyl groups is 1. The molecule has 0 rings (SSSR count). The molecule has 0 aromatic rings. The Morgan fingerprint density at radius 1 is 1.40 bits per heavy atom. The Bertz CT molecular complexity index is 131. The van der Waals surface area contributed by atoms with Gasteiger partial charge in [-0.25, -0.2) is 0 Å². The van der Waals surface area contributed by atoms with E-state index < -0.39 is 5.60 Å². The van der Waals surface area contributed by atoms with E-state index in [1.54, 1.807) is 13.8 Å². The summed E-state index contributed by atoms with van der Waals surface area (Å²) in [6, 6.07) is 0.270. The molecule has 1 N–H and O–H groups in total. The Balaban J connectivity index is 4.20. The molecule has 0 spiro atoms. The molecule has 2 nitrogen and oxygen atoms in total. The van der Waals surface area contributed by atoms with Gasteiger partial charge in [-0.3, -0.25) is 4.99 Å². The van der Waals surface area contributed by atoms with Crippen molar-refractivity contribution in [2.45, 2.75) is 46.3 Å². The molecular weight excluding hydrogens is 126 g/mol. The Morgan fingerprint density at radius 3 is 1.90 bits per heavy atom. The molecule has 0 atom stereocenters. The maximum atomic E-state index is 9.40. The van der Waals surface area contributed by atoms with Crippen molar-refractivity contribution in [3.8, 4) is 0 Å². The summed E-state index contributed by atoms with van der Waals surface area (Å²) in [6.07, 6.45) is 0. The summed E-state index contributed by atoms with van der Waals surface area (Å²) in [5.74, 6) is 0. The van der Waals surface area contributed by atoms with Crippen molar-refractivity contribution in [1.82, 2.24) is 0 Å². The van der Waals surface area contributed by atoms with E-state index in [1.807, 2.05) is 20.8 Å². The lowest BCUT2D eigenvalue weighted by Gasteiger charge is -2.17. The number of aliphatic imine (C=N–C) groups is 1. The van der Waals surface area contributed by atoms with E-state index >= 15 is 0 Å². The summed E-state index contributed by atoms with van der Waals surface area (Å²) in [5, 5.41) is 9.40. The van der Waals surface area contributed by atoms with E-state index in [1.165, 1.54) is 0 Å². The molecule has 0 saturated heterocycles. The Hall–Kier alpha value is -0.370. The van der Waals surface area contributed by atoms with Gasteiger partial charge in [0, 0.05) is 11.8 Å². The molecule has 0 amide bonds. The minimum absolute atomic E-state index is 0.270. The topological polar surface area (TPSA) is 32.6 Å². The summed E-state index contributed by atoms with van der Waals surface area (Å²) in [5.41, 5.74) is 0.0343. The lowest BCUT2D eigenvalue weighted by Crippen LogP contribution is -2.29. The zero-order valence-electron chi connectivity index (χ0n) is 7.47. The molecule has 0 saturated carbocycles. The third-order valence-electron chi connectivity index (χ3n) is 1.34. The van der Waals surface area contributed by atoms with Crippen LogP contribution < -0.4 is 0 Å². The summed E-state index contributed by atoms with van der Waals surface area (Å²) < 4.78 is 0. The summed E-state index contributed by atoms with van der Waals surface area (Å²) in [4.78, 5) is 4.22. The molecule has 0 heterocycles. The van der Waals surface area contributed by atoms with Gasteiger partial charge in [-0.15, -0.1) is 0 Å². The summed E-state index contributed by atoms with van der Waals surface area (Å²) in [7, 11) is 0. The van der Waals surface area contributed by atoms with Crippen molar-refractivity contribution in [3.63, 3.8) is 0 Å². The molecule has 2 heteroatoms. The third-order valence-corrected chi connectivity index (χ3v) is 1.34. The molecule has 0 unspecified atom stereocenters. The predicted molar refractivity (Wildman–Crippen MR) is 44.5 cm³/mol. The monoisotopic (exact) mass is 143 g/mol. The van der Waals surface area contributed by atoms with Crippen LogP contribution in [0.15, 0.2) is 4.99 Å². The van der Waals surface area contributed by atoms with Crippen molar-refractivity contribution in [2.75, 3.05) is 0 Å². The van der Waals surface area contributed by atoms with E-state index in [4.69, 9.17) is 0 Å². The molecule has 0 aromatic carbocycles. The van der Waals surface area contributed by atoms with Crippen LogP contribution in [0.3, 0.4) is 0 Å². The molecule has 10 heavy (non-hydrogen) atoms. The highest BCUT2D eigenvalue weighted by Crippen LogP contribution is 2.05. The average Bonchev–Trinajstić information content (AvgIpc) is 1.60. The summed E-state index contributed by atoms with van der Waals surface area (Å²) >= 11 is 0. The number of nitrogens with zero attached hydrogens (tertiary/aromatic N) is 1. The van der Waals surface area contributed by atoms with Crippen molar-refractivity contribution < 1.29 is 5.11 Å². The smallest absolute Gasteiger partial charge is 0.0963 e. The molecule has 0 aliphatic heterocycles. The first kappa shape index (κ1) is 9.63. The number of rotatable bonds is 2. The van der Waals surface area contributed by atoms with Crippen LogP contribution in [0.5, 0.6) is 0 Å². The quantitative estimate of drug-likeness (QED) is 0.585. The normalized spacial score (nSPS) is 14.5. The first-order valence-electron chi connectivity index (χ1n) is 3.61. The Kier molecular flexibility index (Phi) is 3.03. The molecule has 0 radical (unpaired) electrons. The minimum Gasteiger partial charge on any atom is -0.385 e. The van der Waals surface area contributed by atoms with Crippen LogP contribution in [0.1, 0.15) is 34.6 Å². The zero-order chi connectivity index (χ0) is 8.36. The van der Waals surface area contributed by atoms with Crippen LogP contribution in [0.2, 0.25) is 0 Å². The highest BCUT2D eigenvalue weighted by atomic mass is 16.3. The van der Waals surface area contributed by atoms with Gasteiger partial charge in [0.1, 0.15) is 0 Å². The molecule has 0 aliphatic rings. The lowest BCUT2D eigenvalue weighted by atomic mass is 10.0. The number of hydrogen-bond donors (Lipinski definition) is 1. The maximum absolute atomic E-state index is 9.40. The maximum Gasteiger partial charge on any atom is 0.0963 e.